The Morgan fingerprint density at radius 1 is 1.28 bits per heavy atom. The lowest BCUT2D eigenvalue weighted by molar-refractivity contribution is -0.114. The van der Waals surface area contributed by atoms with E-state index in [0.29, 0.717) is 5.69 Å². The van der Waals surface area contributed by atoms with Gasteiger partial charge >= 0.3 is 0 Å². The molecule has 2 heterocycles. The number of nitrogens with one attached hydrogen (secondary N) is 1. The van der Waals surface area contributed by atoms with Gasteiger partial charge in [-0.3, -0.25) is 4.79 Å². The molecule has 1 amide bonds. The van der Waals surface area contributed by atoms with Crippen molar-refractivity contribution in [2.45, 2.75) is 25.7 Å². The van der Waals surface area contributed by atoms with Crippen LogP contribution in [0.5, 0.6) is 0 Å². The molecule has 1 aromatic heterocycles. The molecule has 0 aliphatic carbocycles. The SMILES string of the molecule is NCC(=O)Nc1ccc(N2CCCCCC2)nc1. The Bertz CT molecular complexity index is 382. The van der Waals surface area contributed by atoms with Gasteiger partial charge in [-0.05, 0) is 25.0 Å². The summed E-state index contributed by atoms with van der Waals surface area (Å²) in [6, 6.07) is 3.83. The topological polar surface area (TPSA) is 71.2 Å². The number of pyridine rings is 1. The highest BCUT2D eigenvalue weighted by atomic mass is 16.1. The molecule has 1 aliphatic rings. The molecule has 1 aromatic rings. The first-order valence-corrected chi connectivity index (χ1v) is 6.50. The van der Waals surface area contributed by atoms with Crippen molar-refractivity contribution < 1.29 is 4.79 Å². The van der Waals surface area contributed by atoms with Crippen LogP contribution in [0, 0.1) is 0 Å². The number of rotatable bonds is 3. The summed E-state index contributed by atoms with van der Waals surface area (Å²) < 4.78 is 0. The van der Waals surface area contributed by atoms with Crippen LogP contribution < -0.4 is 16.0 Å². The molecule has 0 radical (unpaired) electrons. The molecule has 5 nitrogen and oxygen atoms in total. The van der Waals surface area contributed by atoms with E-state index in [1.165, 1.54) is 25.7 Å². The summed E-state index contributed by atoms with van der Waals surface area (Å²) in [7, 11) is 0. The molecule has 1 saturated heterocycles. The smallest absolute Gasteiger partial charge is 0.238 e. The fraction of sp³-hybridized carbons (Fsp3) is 0.538. The third-order valence-corrected chi connectivity index (χ3v) is 3.15. The zero-order chi connectivity index (χ0) is 12.8. The number of anilines is 2. The minimum Gasteiger partial charge on any atom is -0.357 e. The third kappa shape index (κ3) is 3.43. The predicted octanol–water partition coefficient (Wildman–Crippen LogP) is 1.36. The van der Waals surface area contributed by atoms with Gasteiger partial charge in [0.15, 0.2) is 0 Å². The van der Waals surface area contributed by atoms with Crippen LogP contribution in [0.25, 0.3) is 0 Å². The molecule has 0 bridgehead atoms. The van der Waals surface area contributed by atoms with E-state index in [0.717, 1.165) is 18.9 Å². The number of hydrogen-bond donors (Lipinski definition) is 2. The predicted molar refractivity (Wildman–Crippen MR) is 72.6 cm³/mol. The second-order valence-electron chi connectivity index (χ2n) is 4.56. The van der Waals surface area contributed by atoms with Crippen LogP contribution in [0.4, 0.5) is 11.5 Å². The van der Waals surface area contributed by atoms with Crippen molar-refractivity contribution in [2.75, 3.05) is 29.9 Å². The van der Waals surface area contributed by atoms with E-state index >= 15 is 0 Å². The highest BCUT2D eigenvalue weighted by Gasteiger charge is 2.10. The fourth-order valence-electron chi connectivity index (χ4n) is 2.16. The van der Waals surface area contributed by atoms with Crippen LogP contribution in [0.3, 0.4) is 0 Å². The number of carbonyl (C=O) groups excluding carboxylic acids is 1. The van der Waals surface area contributed by atoms with Gasteiger partial charge in [0.2, 0.25) is 5.91 Å². The summed E-state index contributed by atoms with van der Waals surface area (Å²) in [6.07, 6.45) is 6.76. The standard InChI is InChI=1S/C13H20N4O/c14-9-13(18)16-11-5-6-12(15-10-11)17-7-3-1-2-4-8-17/h5-6,10H,1-4,7-9,14H2,(H,16,18). The minimum atomic E-state index is -0.195. The number of aromatic nitrogens is 1. The molecule has 18 heavy (non-hydrogen) atoms. The lowest BCUT2D eigenvalue weighted by atomic mass is 10.2. The molecule has 0 unspecified atom stereocenters. The molecule has 98 valence electrons. The second-order valence-corrected chi connectivity index (χ2v) is 4.56. The number of carbonyl (C=O) groups is 1. The summed E-state index contributed by atoms with van der Waals surface area (Å²) >= 11 is 0. The van der Waals surface area contributed by atoms with E-state index in [4.69, 9.17) is 5.73 Å². The van der Waals surface area contributed by atoms with Gasteiger partial charge in [0.1, 0.15) is 5.82 Å². The molecule has 1 fully saturated rings. The summed E-state index contributed by atoms with van der Waals surface area (Å²) in [5.74, 6) is 0.793. The van der Waals surface area contributed by atoms with Gasteiger partial charge in [0, 0.05) is 13.1 Å². The first-order chi connectivity index (χ1) is 8.79. The van der Waals surface area contributed by atoms with Crippen molar-refractivity contribution >= 4 is 17.4 Å². The van der Waals surface area contributed by atoms with E-state index < -0.39 is 0 Å². The molecule has 0 atom stereocenters. The van der Waals surface area contributed by atoms with Crippen LogP contribution in [0.15, 0.2) is 18.3 Å². The van der Waals surface area contributed by atoms with Crippen molar-refractivity contribution in [2.24, 2.45) is 5.73 Å². The number of amides is 1. The molecule has 0 aromatic carbocycles. The normalized spacial score (nSPS) is 16.2. The van der Waals surface area contributed by atoms with Gasteiger partial charge in [0.05, 0.1) is 18.4 Å². The first kappa shape index (κ1) is 12.8. The summed E-state index contributed by atoms with van der Waals surface area (Å²) in [5.41, 5.74) is 5.94. The summed E-state index contributed by atoms with van der Waals surface area (Å²) in [4.78, 5) is 17.8. The van der Waals surface area contributed by atoms with Gasteiger partial charge in [-0.25, -0.2) is 4.98 Å². The maximum atomic E-state index is 11.1. The Kier molecular flexibility index (Phi) is 4.52. The minimum absolute atomic E-state index is 0.00607. The molecule has 5 heteroatoms. The fourth-order valence-corrected chi connectivity index (χ4v) is 2.16. The van der Waals surface area contributed by atoms with Gasteiger partial charge in [-0.15, -0.1) is 0 Å². The highest BCUT2D eigenvalue weighted by Crippen LogP contribution is 2.18. The van der Waals surface area contributed by atoms with Crippen molar-refractivity contribution in [3.05, 3.63) is 18.3 Å². The van der Waals surface area contributed by atoms with E-state index in [9.17, 15) is 4.79 Å². The monoisotopic (exact) mass is 248 g/mol. The van der Waals surface area contributed by atoms with Gasteiger partial charge in [0.25, 0.3) is 0 Å². The molecule has 3 N–H and O–H groups in total. The Morgan fingerprint density at radius 2 is 2.00 bits per heavy atom. The van der Waals surface area contributed by atoms with E-state index in [-0.39, 0.29) is 12.5 Å². The van der Waals surface area contributed by atoms with Crippen LogP contribution in [-0.2, 0) is 4.79 Å². The Hall–Kier alpha value is -1.62. The Morgan fingerprint density at radius 3 is 2.56 bits per heavy atom. The van der Waals surface area contributed by atoms with Gasteiger partial charge < -0.3 is 16.0 Å². The van der Waals surface area contributed by atoms with Crippen LogP contribution >= 0.6 is 0 Å². The zero-order valence-corrected chi connectivity index (χ0v) is 10.6. The number of nitrogens with zero attached hydrogens (tertiary/aromatic N) is 2. The van der Waals surface area contributed by atoms with Crippen LogP contribution in [-0.4, -0.2) is 30.5 Å². The Labute approximate surface area is 107 Å². The highest BCUT2D eigenvalue weighted by molar-refractivity contribution is 5.91. The molecule has 0 spiro atoms. The largest absolute Gasteiger partial charge is 0.357 e. The lowest BCUT2D eigenvalue weighted by Crippen LogP contribution is -2.25. The van der Waals surface area contributed by atoms with Crippen LogP contribution in [0.2, 0.25) is 0 Å². The zero-order valence-electron chi connectivity index (χ0n) is 10.6. The van der Waals surface area contributed by atoms with E-state index in [2.05, 4.69) is 15.2 Å². The Balaban J connectivity index is 1.99. The summed E-state index contributed by atoms with van der Waals surface area (Å²) in [5, 5.41) is 2.69. The molecular weight excluding hydrogens is 228 g/mol. The van der Waals surface area contributed by atoms with Gasteiger partial charge in [-0.2, -0.15) is 0 Å². The summed E-state index contributed by atoms with van der Waals surface area (Å²) in [6.45, 7) is 2.14. The number of hydrogen-bond acceptors (Lipinski definition) is 4. The van der Waals surface area contributed by atoms with Crippen molar-refractivity contribution in [3.8, 4) is 0 Å². The average molecular weight is 248 g/mol. The van der Waals surface area contributed by atoms with Crippen LogP contribution in [0.1, 0.15) is 25.7 Å². The van der Waals surface area contributed by atoms with Crippen molar-refractivity contribution in [1.82, 2.24) is 4.98 Å². The number of nitrogens with two attached hydrogens (primary N) is 1. The van der Waals surface area contributed by atoms with Crippen molar-refractivity contribution in [3.63, 3.8) is 0 Å². The van der Waals surface area contributed by atoms with Gasteiger partial charge in [-0.1, -0.05) is 12.8 Å². The second kappa shape index (κ2) is 6.35. The molecule has 1 aliphatic heterocycles. The average Bonchev–Trinajstić information content (AvgIpc) is 2.68. The van der Waals surface area contributed by atoms with E-state index in [1.54, 1.807) is 6.20 Å². The maximum Gasteiger partial charge on any atom is 0.238 e. The van der Waals surface area contributed by atoms with E-state index in [1.807, 2.05) is 12.1 Å². The first-order valence-electron chi connectivity index (χ1n) is 6.50. The molecule has 0 saturated carbocycles. The maximum absolute atomic E-state index is 11.1. The molecule has 2 rings (SSSR count). The van der Waals surface area contributed by atoms with Crippen molar-refractivity contribution in [1.29, 1.82) is 0 Å². The quantitative estimate of drug-likeness (QED) is 0.847. The lowest BCUT2D eigenvalue weighted by Gasteiger charge is -2.21. The third-order valence-electron chi connectivity index (χ3n) is 3.15. The molecular formula is C13H20N4O.